The summed E-state index contributed by atoms with van der Waals surface area (Å²) in [7, 11) is 0. The Labute approximate surface area is 128 Å². The van der Waals surface area contributed by atoms with Crippen LogP contribution in [0, 0.1) is 0 Å². The van der Waals surface area contributed by atoms with Gasteiger partial charge in [0.2, 0.25) is 5.91 Å². The minimum atomic E-state index is -3.11. The molecule has 0 aliphatic heterocycles. The van der Waals surface area contributed by atoms with Crippen LogP contribution < -0.4 is 11.1 Å². The highest BCUT2D eigenvalue weighted by Gasteiger charge is 2.27. The van der Waals surface area contributed by atoms with Crippen molar-refractivity contribution in [3.8, 4) is 0 Å². The number of carbonyl (C=O) groups is 2. The van der Waals surface area contributed by atoms with Gasteiger partial charge in [0.1, 0.15) is 0 Å². The van der Waals surface area contributed by atoms with E-state index >= 15 is 0 Å². The second-order valence-corrected chi connectivity index (χ2v) is 5.60. The van der Waals surface area contributed by atoms with Gasteiger partial charge in [0.25, 0.3) is 5.92 Å². The molecule has 22 heavy (non-hydrogen) atoms. The third-order valence-electron chi connectivity index (χ3n) is 3.84. The molecule has 120 valence electrons. The Morgan fingerprint density at radius 2 is 1.91 bits per heavy atom. The molecule has 0 saturated heterocycles. The van der Waals surface area contributed by atoms with Crippen molar-refractivity contribution in [2.75, 3.05) is 13.1 Å². The molecule has 3 N–H and O–H groups in total. The summed E-state index contributed by atoms with van der Waals surface area (Å²) in [5, 5.41) is 2.10. The number of carbonyl (C=O) groups excluding carboxylic acids is 2. The number of halogens is 2. The molecule has 2 rings (SSSR count). The maximum Gasteiger partial charge on any atom is 0.277 e. The van der Waals surface area contributed by atoms with Gasteiger partial charge in [-0.15, -0.1) is 0 Å². The molecule has 1 amide bonds. The molecule has 0 heterocycles. The van der Waals surface area contributed by atoms with Crippen LogP contribution in [0.2, 0.25) is 0 Å². The molecule has 0 unspecified atom stereocenters. The summed E-state index contributed by atoms with van der Waals surface area (Å²) < 4.78 is 25.8. The minimum absolute atomic E-state index is 0.0127. The molecule has 0 atom stereocenters. The molecule has 0 saturated carbocycles. The lowest BCUT2D eigenvalue weighted by Crippen LogP contribution is -2.41. The fourth-order valence-corrected chi connectivity index (χ4v) is 2.51. The zero-order valence-corrected chi connectivity index (χ0v) is 12.3. The number of nitrogens with one attached hydrogen (secondary N) is 1. The quantitative estimate of drug-likeness (QED) is 0.755. The molecule has 0 bridgehead atoms. The Morgan fingerprint density at radius 1 is 1.18 bits per heavy atom. The van der Waals surface area contributed by atoms with Crippen LogP contribution >= 0.6 is 0 Å². The van der Waals surface area contributed by atoms with Gasteiger partial charge in [0.15, 0.2) is 5.78 Å². The molecule has 0 radical (unpaired) electrons. The van der Waals surface area contributed by atoms with Crippen molar-refractivity contribution in [3.63, 3.8) is 0 Å². The van der Waals surface area contributed by atoms with Crippen LogP contribution in [0.15, 0.2) is 18.2 Å². The van der Waals surface area contributed by atoms with Gasteiger partial charge in [-0.1, -0.05) is 12.1 Å². The highest BCUT2D eigenvalue weighted by Crippen LogP contribution is 2.23. The van der Waals surface area contributed by atoms with Crippen molar-refractivity contribution < 1.29 is 18.4 Å². The number of Topliss-reactive ketones (excluding diaryl/α,β-unsaturated/α-hetero) is 1. The first-order valence-corrected chi connectivity index (χ1v) is 7.41. The molecule has 4 nitrogen and oxygen atoms in total. The van der Waals surface area contributed by atoms with Crippen LogP contribution in [0.4, 0.5) is 8.78 Å². The smallest absolute Gasteiger partial charge is 0.277 e. The Kier molecular flexibility index (Phi) is 5.24. The van der Waals surface area contributed by atoms with Gasteiger partial charge >= 0.3 is 0 Å². The second kappa shape index (κ2) is 6.96. The third kappa shape index (κ3) is 4.34. The van der Waals surface area contributed by atoms with Gasteiger partial charge in [0.05, 0.1) is 13.1 Å². The van der Waals surface area contributed by atoms with E-state index in [9.17, 15) is 18.4 Å². The second-order valence-electron chi connectivity index (χ2n) is 5.60. The number of hydrogen-bond donors (Lipinski definition) is 2. The summed E-state index contributed by atoms with van der Waals surface area (Å²) >= 11 is 0. The Balaban J connectivity index is 1.81. The lowest BCUT2D eigenvalue weighted by Gasteiger charge is -2.14. The Bertz CT molecular complexity index is 573. The number of benzene rings is 1. The maximum absolute atomic E-state index is 12.9. The molecular formula is C16H20F2N2O2. The Morgan fingerprint density at radius 3 is 2.64 bits per heavy atom. The normalized spacial score (nSPS) is 13.8. The number of alkyl halides is 2. The van der Waals surface area contributed by atoms with Gasteiger partial charge in [0, 0.05) is 18.4 Å². The molecule has 6 heteroatoms. The molecular weight excluding hydrogens is 290 g/mol. The number of ketones is 1. The summed E-state index contributed by atoms with van der Waals surface area (Å²) in [5.41, 5.74) is 7.93. The number of nitrogens with two attached hydrogens (primary N) is 1. The summed E-state index contributed by atoms with van der Waals surface area (Å²) in [6, 6.07) is 5.61. The van der Waals surface area contributed by atoms with Crippen molar-refractivity contribution in [1.29, 1.82) is 0 Å². The van der Waals surface area contributed by atoms with E-state index in [-0.39, 0.29) is 18.6 Å². The molecule has 1 aliphatic rings. The van der Waals surface area contributed by atoms with Crippen LogP contribution in [-0.4, -0.2) is 30.7 Å². The number of rotatable bonds is 7. The topological polar surface area (TPSA) is 72.2 Å². The van der Waals surface area contributed by atoms with E-state index in [4.69, 9.17) is 5.73 Å². The van der Waals surface area contributed by atoms with E-state index in [0.29, 0.717) is 5.56 Å². The molecule has 0 fully saturated rings. The van der Waals surface area contributed by atoms with Crippen molar-refractivity contribution in [1.82, 2.24) is 5.32 Å². The van der Waals surface area contributed by atoms with Gasteiger partial charge in [-0.2, -0.15) is 0 Å². The minimum Gasteiger partial charge on any atom is -0.350 e. The average molecular weight is 310 g/mol. The first-order chi connectivity index (χ1) is 10.4. The lowest BCUT2D eigenvalue weighted by molar-refractivity contribution is -0.122. The molecule has 0 spiro atoms. The van der Waals surface area contributed by atoms with Crippen molar-refractivity contribution >= 4 is 11.7 Å². The monoisotopic (exact) mass is 310 g/mol. The zero-order chi connectivity index (χ0) is 16.2. The molecule has 0 aromatic heterocycles. The fourth-order valence-electron chi connectivity index (χ4n) is 2.51. The molecule has 1 aromatic rings. The standard InChI is InChI=1S/C16H20F2N2O2/c17-16(18,9-19)10-20-15(22)7-6-14(21)13-5-4-11-2-1-3-12(11)8-13/h4-5,8H,1-3,6-7,9-10,19H2,(H,20,22). The lowest BCUT2D eigenvalue weighted by atomic mass is 10.0. The van der Waals surface area contributed by atoms with E-state index < -0.39 is 24.9 Å². The predicted molar refractivity (Wildman–Crippen MR) is 79.0 cm³/mol. The highest BCUT2D eigenvalue weighted by molar-refractivity contribution is 5.98. The van der Waals surface area contributed by atoms with Gasteiger partial charge in [-0.25, -0.2) is 8.78 Å². The average Bonchev–Trinajstić information content (AvgIpc) is 2.98. The van der Waals surface area contributed by atoms with E-state index in [1.807, 2.05) is 12.1 Å². The number of fused-ring (bicyclic) bond motifs is 1. The van der Waals surface area contributed by atoms with Gasteiger partial charge in [-0.05, 0) is 36.5 Å². The SMILES string of the molecule is NCC(F)(F)CNC(=O)CCC(=O)c1ccc2c(c1)CCC2. The number of hydrogen-bond acceptors (Lipinski definition) is 3. The van der Waals surface area contributed by atoms with Crippen LogP contribution in [0.5, 0.6) is 0 Å². The van der Waals surface area contributed by atoms with Crippen molar-refractivity contribution in [2.24, 2.45) is 5.73 Å². The summed E-state index contributed by atoms with van der Waals surface area (Å²) in [6.45, 7) is -1.61. The number of amides is 1. The van der Waals surface area contributed by atoms with Crippen LogP contribution in [-0.2, 0) is 17.6 Å². The van der Waals surface area contributed by atoms with Crippen LogP contribution in [0.3, 0.4) is 0 Å². The van der Waals surface area contributed by atoms with E-state index in [1.165, 1.54) is 11.1 Å². The third-order valence-corrected chi connectivity index (χ3v) is 3.84. The van der Waals surface area contributed by atoms with E-state index in [2.05, 4.69) is 5.32 Å². The maximum atomic E-state index is 12.9. The van der Waals surface area contributed by atoms with E-state index in [0.717, 1.165) is 19.3 Å². The van der Waals surface area contributed by atoms with E-state index in [1.54, 1.807) is 6.07 Å². The molecule has 1 aromatic carbocycles. The van der Waals surface area contributed by atoms with Gasteiger partial charge in [-0.3, -0.25) is 9.59 Å². The summed E-state index contributed by atoms with van der Waals surface area (Å²) in [4.78, 5) is 23.5. The largest absolute Gasteiger partial charge is 0.350 e. The number of aryl methyl sites for hydroxylation is 2. The fraction of sp³-hybridized carbons (Fsp3) is 0.500. The highest BCUT2D eigenvalue weighted by atomic mass is 19.3. The van der Waals surface area contributed by atoms with Crippen LogP contribution in [0.1, 0.15) is 40.7 Å². The van der Waals surface area contributed by atoms with Crippen LogP contribution in [0.25, 0.3) is 0 Å². The summed E-state index contributed by atoms with van der Waals surface area (Å²) in [5.74, 6) is -3.82. The van der Waals surface area contributed by atoms with Gasteiger partial charge < -0.3 is 11.1 Å². The zero-order valence-electron chi connectivity index (χ0n) is 12.3. The Hall–Kier alpha value is -1.82. The molecule has 1 aliphatic carbocycles. The first kappa shape index (κ1) is 16.5. The first-order valence-electron chi connectivity index (χ1n) is 7.41. The predicted octanol–water partition coefficient (Wildman–Crippen LogP) is 1.85. The summed E-state index contributed by atoms with van der Waals surface area (Å²) in [6.07, 6.45) is 3.03. The van der Waals surface area contributed by atoms with Crippen molar-refractivity contribution in [2.45, 2.75) is 38.0 Å². The van der Waals surface area contributed by atoms with Crippen molar-refractivity contribution in [3.05, 3.63) is 34.9 Å².